The first-order valence-electron chi connectivity index (χ1n) is 13.4. The summed E-state index contributed by atoms with van der Waals surface area (Å²) < 4.78 is 0. The van der Waals surface area contributed by atoms with Crippen molar-refractivity contribution in [3.63, 3.8) is 0 Å². The second-order valence-corrected chi connectivity index (χ2v) is 13.6. The molecule has 0 aliphatic heterocycles. The van der Waals surface area contributed by atoms with Gasteiger partial charge < -0.3 is 5.11 Å². The van der Waals surface area contributed by atoms with E-state index in [1.54, 1.807) is 5.57 Å². The predicted molar refractivity (Wildman–Crippen MR) is 133 cm³/mol. The quantitative estimate of drug-likeness (QED) is 0.448. The van der Waals surface area contributed by atoms with E-state index in [9.17, 15) is 5.11 Å². The van der Waals surface area contributed by atoms with Crippen LogP contribution in [0, 0.1) is 45.3 Å². The minimum absolute atomic E-state index is 0.0454. The van der Waals surface area contributed by atoms with Gasteiger partial charge in [0.2, 0.25) is 0 Å². The van der Waals surface area contributed by atoms with Crippen LogP contribution in [0.25, 0.3) is 0 Å². The van der Waals surface area contributed by atoms with E-state index in [2.05, 4.69) is 67.5 Å². The molecule has 0 aromatic heterocycles. The molecule has 4 rings (SSSR count). The van der Waals surface area contributed by atoms with E-state index in [1.165, 1.54) is 56.9 Å². The average Bonchev–Trinajstić information content (AvgIpc) is 2.96. The number of aliphatic hydroxyl groups excluding tert-OH is 1. The highest BCUT2D eigenvalue weighted by Gasteiger charge is 2.67. The monoisotopic (exact) mass is 426 g/mol. The van der Waals surface area contributed by atoms with Gasteiger partial charge in [0.05, 0.1) is 6.10 Å². The fourth-order valence-electron chi connectivity index (χ4n) is 9.47. The summed E-state index contributed by atoms with van der Waals surface area (Å²) >= 11 is 0. The van der Waals surface area contributed by atoms with Gasteiger partial charge in [-0.25, -0.2) is 0 Å². The van der Waals surface area contributed by atoms with Crippen molar-refractivity contribution in [2.75, 3.05) is 0 Å². The maximum Gasteiger partial charge on any atom is 0.0628 e. The Bertz CT molecular complexity index is 754. The third-order valence-corrected chi connectivity index (χ3v) is 11.8. The van der Waals surface area contributed by atoms with Crippen LogP contribution < -0.4 is 0 Å². The van der Waals surface area contributed by atoms with Crippen molar-refractivity contribution in [1.29, 1.82) is 0 Å². The molecule has 0 bridgehead atoms. The molecule has 0 saturated heterocycles. The van der Waals surface area contributed by atoms with Crippen molar-refractivity contribution in [3.8, 4) is 0 Å². The zero-order valence-electron chi connectivity index (χ0n) is 21.9. The van der Waals surface area contributed by atoms with E-state index in [-0.39, 0.29) is 11.5 Å². The topological polar surface area (TPSA) is 20.2 Å². The third kappa shape index (κ3) is 3.34. The fourth-order valence-corrected chi connectivity index (χ4v) is 9.47. The molecule has 0 spiro atoms. The molecule has 31 heavy (non-hydrogen) atoms. The van der Waals surface area contributed by atoms with Crippen molar-refractivity contribution in [3.05, 3.63) is 23.3 Å². The van der Waals surface area contributed by atoms with E-state index in [0.29, 0.717) is 22.2 Å². The lowest BCUT2D eigenvalue weighted by molar-refractivity contribution is -0.145. The number of allylic oxidation sites excluding steroid dienone is 3. The lowest BCUT2D eigenvalue weighted by atomic mass is 9.39. The normalized spacial score (nSPS) is 46.9. The summed E-state index contributed by atoms with van der Waals surface area (Å²) in [6, 6.07) is 0. The lowest BCUT2D eigenvalue weighted by Crippen LogP contribution is -2.59. The highest BCUT2D eigenvalue weighted by molar-refractivity contribution is 5.30. The Morgan fingerprint density at radius 1 is 1.03 bits per heavy atom. The van der Waals surface area contributed by atoms with E-state index in [0.717, 1.165) is 24.2 Å². The summed E-state index contributed by atoms with van der Waals surface area (Å²) in [7, 11) is 0. The predicted octanol–water partition coefficient (Wildman–Crippen LogP) is 8.34. The van der Waals surface area contributed by atoms with Gasteiger partial charge in [-0.3, -0.25) is 0 Å². The molecule has 0 amide bonds. The molecule has 176 valence electrons. The third-order valence-electron chi connectivity index (χ3n) is 11.8. The van der Waals surface area contributed by atoms with Crippen LogP contribution in [0.2, 0.25) is 0 Å². The molecule has 0 aromatic carbocycles. The number of hydrogen-bond acceptors (Lipinski definition) is 1. The molecular formula is C30H50O. The summed E-state index contributed by atoms with van der Waals surface area (Å²) in [5.41, 5.74) is 4.37. The molecule has 0 aromatic rings. The molecule has 4 aliphatic rings. The minimum atomic E-state index is -0.169. The SMILES string of the molecule is CC(C)=CCC[C@H](C)[C@@H]1CC[C@]2(C)[C@H]3CC=C4[C@@H](CC[C@H](O)C4(C)C)[C@]3(C)CC[C@@]12C. The van der Waals surface area contributed by atoms with Gasteiger partial charge in [-0.1, -0.05) is 64.8 Å². The molecule has 3 fully saturated rings. The maximum atomic E-state index is 10.8. The molecule has 4 aliphatic carbocycles. The van der Waals surface area contributed by atoms with Crippen molar-refractivity contribution >= 4 is 0 Å². The van der Waals surface area contributed by atoms with Gasteiger partial charge in [-0.05, 0) is 112 Å². The van der Waals surface area contributed by atoms with Crippen LogP contribution in [0.15, 0.2) is 23.3 Å². The summed E-state index contributed by atoms with van der Waals surface area (Å²) in [5, 5.41) is 10.8. The van der Waals surface area contributed by atoms with Crippen LogP contribution in [-0.4, -0.2) is 11.2 Å². The number of aliphatic hydroxyl groups is 1. The summed E-state index contributed by atoms with van der Waals surface area (Å²) in [5.74, 6) is 3.18. The summed E-state index contributed by atoms with van der Waals surface area (Å²) in [4.78, 5) is 0. The van der Waals surface area contributed by atoms with Crippen LogP contribution >= 0.6 is 0 Å². The summed E-state index contributed by atoms with van der Waals surface area (Å²) in [6.45, 7) is 19.7. The molecule has 0 heterocycles. The first kappa shape index (κ1) is 23.6. The minimum Gasteiger partial charge on any atom is -0.392 e. The molecule has 3 saturated carbocycles. The largest absolute Gasteiger partial charge is 0.392 e. The van der Waals surface area contributed by atoms with Crippen molar-refractivity contribution < 1.29 is 5.11 Å². The van der Waals surface area contributed by atoms with Crippen LogP contribution in [-0.2, 0) is 0 Å². The van der Waals surface area contributed by atoms with Crippen LogP contribution in [0.4, 0.5) is 0 Å². The van der Waals surface area contributed by atoms with Crippen LogP contribution in [0.3, 0.4) is 0 Å². The van der Waals surface area contributed by atoms with E-state index in [1.807, 2.05) is 0 Å². The Morgan fingerprint density at radius 3 is 2.42 bits per heavy atom. The fraction of sp³-hybridized carbons (Fsp3) is 0.867. The van der Waals surface area contributed by atoms with Crippen molar-refractivity contribution in [1.82, 2.24) is 0 Å². The maximum absolute atomic E-state index is 10.8. The first-order chi connectivity index (χ1) is 14.4. The van der Waals surface area contributed by atoms with Crippen molar-refractivity contribution in [2.45, 2.75) is 119 Å². The van der Waals surface area contributed by atoms with Crippen LogP contribution in [0.1, 0.15) is 113 Å². The highest BCUT2D eigenvalue weighted by atomic mass is 16.3. The Balaban J connectivity index is 1.62. The Labute approximate surface area is 193 Å². The Morgan fingerprint density at radius 2 is 1.74 bits per heavy atom. The first-order valence-corrected chi connectivity index (χ1v) is 13.4. The van der Waals surface area contributed by atoms with Gasteiger partial charge in [0.1, 0.15) is 0 Å². The standard InChI is InChI=1S/C30H50O/c1-20(2)10-9-11-21(3)22-16-17-30(8)25-14-12-23-24(13-15-26(31)27(23,4)5)28(25,6)18-19-29(22,30)7/h10,12,21-22,24-26,31H,9,11,13-19H2,1-8H3/t21-,22-,24+,25-,26-,28-,29-,30+/m0/s1. The number of fused-ring (bicyclic) bond motifs is 5. The van der Waals surface area contributed by atoms with Gasteiger partial charge in [0.25, 0.3) is 0 Å². The molecule has 1 nitrogen and oxygen atoms in total. The average molecular weight is 427 g/mol. The van der Waals surface area contributed by atoms with Gasteiger partial charge in [0.15, 0.2) is 0 Å². The zero-order chi connectivity index (χ0) is 22.8. The molecule has 1 N–H and O–H groups in total. The van der Waals surface area contributed by atoms with Crippen molar-refractivity contribution in [2.24, 2.45) is 45.3 Å². The molecule has 0 radical (unpaired) electrons. The molecule has 0 unspecified atom stereocenters. The van der Waals surface area contributed by atoms with Crippen LogP contribution in [0.5, 0.6) is 0 Å². The van der Waals surface area contributed by atoms with E-state index < -0.39 is 0 Å². The smallest absolute Gasteiger partial charge is 0.0628 e. The lowest BCUT2D eigenvalue weighted by Gasteiger charge is -2.66. The van der Waals surface area contributed by atoms with Gasteiger partial charge in [-0.2, -0.15) is 0 Å². The highest BCUT2D eigenvalue weighted by Crippen LogP contribution is 2.74. The molecular weight excluding hydrogens is 376 g/mol. The molecule has 8 atom stereocenters. The second-order valence-electron chi connectivity index (χ2n) is 13.6. The molecule has 1 heteroatoms. The van der Waals surface area contributed by atoms with Gasteiger partial charge >= 0.3 is 0 Å². The van der Waals surface area contributed by atoms with E-state index in [4.69, 9.17) is 0 Å². The summed E-state index contributed by atoms with van der Waals surface area (Å²) in [6.07, 6.45) is 16.5. The Kier molecular flexibility index (Phi) is 5.90. The zero-order valence-corrected chi connectivity index (χ0v) is 21.9. The Hall–Kier alpha value is -0.560. The van der Waals surface area contributed by atoms with Gasteiger partial charge in [0, 0.05) is 5.41 Å². The number of rotatable bonds is 4. The number of hydrogen-bond donors (Lipinski definition) is 1. The van der Waals surface area contributed by atoms with Gasteiger partial charge in [-0.15, -0.1) is 0 Å². The second kappa shape index (κ2) is 7.75. The van der Waals surface area contributed by atoms with E-state index >= 15 is 0 Å².